The number of hydrogen-bond acceptors (Lipinski definition) is 5. The molecule has 0 spiro atoms. The van der Waals surface area contributed by atoms with Gasteiger partial charge in [-0.15, -0.1) is 0 Å². The van der Waals surface area contributed by atoms with Gasteiger partial charge in [0.1, 0.15) is 5.60 Å². The summed E-state index contributed by atoms with van der Waals surface area (Å²) in [5.41, 5.74) is 0.750. The fourth-order valence-corrected chi connectivity index (χ4v) is 3.96. The van der Waals surface area contributed by atoms with E-state index in [-0.39, 0.29) is 12.1 Å². The average Bonchev–Trinajstić information content (AvgIpc) is 2.98. The zero-order valence-corrected chi connectivity index (χ0v) is 17.8. The second kappa shape index (κ2) is 8.99. The summed E-state index contributed by atoms with van der Waals surface area (Å²) < 4.78 is 5.42. The van der Waals surface area contributed by atoms with Crippen LogP contribution in [0.3, 0.4) is 0 Å². The van der Waals surface area contributed by atoms with E-state index in [2.05, 4.69) is 22.3 Å². The van der Waals surface area contributed by atoms with Crippen LogP contribution in [0.4, 0.5) is 4.79 Å². The Morgan fingerprint density at radius 1 is 1.21 bits per heavy atom. The van der Waals surface area contributed by atoms with Crippen LogP contribution in [0.1, 0.15) is 39.2 Å². The molecule has 2 aliphatic rings. The smallest absolute Gasteiger partial charge is 0.410 e. The normalized spacial score (nSPS) is 24.5. The van der Waals surface area contributed by atoms with E-state index in [1.807, 2.05) is 32.9 Å². The first-order chi connectivity index (χ1) is 13.2. The molecule has 2 N–H and O–H groups in total. The maximum atomic E-state index is 12.2. The lowest BCUT2D eigenvalue weighted by Crippen LogP contribution is -2.49. The van der Waals surface area contributed by atoms with E-state index < -0.39 is 11.7 Å². The van der Waals surface area contributed by atoms with Gasteiger partial charge in [-0.3, -0.25) is 4.90 Å². The number of nitrogens with one attached hydrogen (secondary N) is 1. The Kier molecular flexibility index (Phi) is 6.86. The number of aliphatic hydroxyl groups excluding tert-OH is 1. The van der Waals surface area contributed by atoms with Gasteiger partial charge in [-0.25, -0.2) is 4.79 Å². The first-order valence-electron chi connectivity index (χ1n) is 10.1. The van der Waals surface area contributed by atoms with Gasteiger partial charge in [0.15, 0.2) is 0 Å². The van der Waals surface area contributed by atoms with E-state index in [1.165, 1.54) is 5.56 Å². The molecule has 28 heavy (non-hydrogen) atoms. The van der Waals surface area contributed by atoms with Crippen molar-refractivity contribution in [2.75, 3.05) is 26.2 Å². The third-order valence-electron chi connectivity index (χ3n) is 5.30. The summed E-state index contributed by atoms with van der Waals surface area (Å²) in [4.78, 5) is 16.3. The van der Waals surface area contributed by atoms with Crippen molar-refractivity contribution in [2.45, 2.75) is 63.9 Å². The fourth-order valence-electron chi connectivity index (χ4n) is 3.83. The predicted molar refractivity (Wildman–Crippen MR) is 110 cm³/mol. The molecule has 2 heterocycles. The summed E-state index contributed by atoms with van der Waals surface area (Å²) >= 11 is 5.95. The maximum Gasteiger partial charge on any atom is 0.410 e. The summed E-state index contributed by atoms with van der Waals surface area (Å²) in [6, 6.07) is 8.28. The molecular formula is C21H32ClN3O3. The molecule has 0 bridgehead atoms. The first-order valence-corrected chi connectivity index (χ1v) is 10.5. The minimum atomic E-state index is -0.556. The maximum absolute atomic E-state index is 12.2. The van der Waals surface area contributed by atoms with E-state index in [0.29, 0.717) is 19.1 Å². The molecule has 2 saturated heterocycles. The molecule has 156 valence electrons. The summed E-state index contributed by atoms with van der Waals surface area (Å²) in [5, 5.41) is 14.7. The van der Waals surface area contributed by atoms with Gasteiger partial charge in [0.05, 0.1) is 18.7 Å². The van der Waals surface area contributed by atoms with Crippen LogP contribution in [0.25, 0.3) is 0 Å². The summed E-state index contributed by atoms with van der Waals surface area (Å²) in [5.74, 6) is 0. The van der Waals surface area contributed by atoms with Crippen molar-refractivity contribution in [3.8, 4) is 0 Å². The summed E-state index contributed by atoms with van der Waals surface area (Å²) in [6.07, 6.45) is 1.15. The Morgan fingerprint density at radius 2 is 1.86 bits per heavy atom. The number of ether oxygens (including phenoxy) is 1. The molecule has 7 heteroatoms. The van der Waals surface area contributed by atoms with Crippen LogP contribution in [0.5, 0.6) is 0 Å². The molecule has 2 fully saturated rings. The highest BCUT2D eigenvalue weighted by Gasteiger charge is 2.37. The number of β-amino-alcohol motifs (C(OH)–C–C–N with tert-alkyl or cyclic N) is 1. The molecule has 0 aliphatic carbocycles. The lowest BCUT2D eigenvalue weighted by molar-refractivity contribution is 0.0270. The Morgan fingerprint density at radius 3 is 2.46 bits per heavy atom. The number of halogens is 1. The van der Waals surface area contributed by atoms with Gasteiger partial charge >= 0.3 is 6.09 Å². The van der Waals surface area contributed by atoms with Crippen LogP contribution in [-0.4, -0.2) is 71.0 Å². The number of nitrogens with zero attached hydrogens (tertiary/aromatic N) is 2. The van der Waals surface area contributed by atoms with E-state index in [4.69, 9.17) is 16.3 Å². The minimum absolute atomic E-state index is 0.0969. The van der Waals surface area contributed by atoms with Crippen LogP contribution in [-0.2, 0) is 11.3 Å². The van der Waals surface area contributed by atoms with Gasteiger partial charge in [0.2, 0.25) is 0 Å². The first kappa shape index (κ1) is 21.4. The Hall–Kier alpha value is -1.34. The quantitative estimate of drug-likeness (QED) is 0.800. The largest absolute Gasteiger partial charge is 0.444 e. The average molecular weight is 410 g/mol. The Bertz CT molecular complexity index is 654. The molecule has 2 unspecified atom stereocenters. The van der Waals surface area contributed by atoms with Crippen LogP contribution in [0.2, 0.25) is 5.02 Å². The fraction of sp³-hybridized carbons (Fsp3) is 0.667. The Balaban J connectivity index is 1.43. The van der Waals surface area contributed by atoms with Crippen molar-refractivity contribution in [3.63, 3.8) is 0 Å². The van der Waals surface area contributed by atoms with Crippen molar-refractivity contribution in [2.24, 2.45) is 0 Å². The monoisotopic (exact) mass is 409 g/mol. The third kappa shape index (κ3) is 6.08. The van der Waals surface area contributed by atoms with Crippen molar-refractivity contribution in [3.05, 3.63) is 34.9 Å². The number of likely N-dealkylation sites (tertiary alicyclic amines) is 2. The molecule has 1 amide bonds. The van der Waals surface area contributed by atoms with E-state index in [0.717, 1.165) is 37.5 Å². The van der Waals surface area contributed by atoms with Gasteiger partial charge in [0, 0.05) is 24.2 Å². The van der Waals surface area contributed by atoms with E-state index in [9.17, 15) is 9.90 Å². The molecule has 0 aromatic heterocycles. The van der Waals surface area contributed by atoms with Gasteiger partial charge in [-0.2, -0.15) is 0 Å². The number of amides is 1. The van der Waals surface area contributed by atoms with Crippen molar-refractivity contribution in [1.29, 1.82) is 0 Å². The van der Waals surface area contributed by atoms with Crippen molar-refractivity contribution >= 4 is 17.7 Å². The highest BCUT2D eigenvalue weighted by Crippen LogP contribution is 2.20. The second-order valence-electron chi connectivity index (χ2n) is 8.90. The molecule has 1 aromatic rings. The molecule has 0 saturated carbocycles. The highest BCUT2D eigenvalue weighted by atomic mass is 35.5. The molecule has 3 rings (SSSR count). The lowest BCUT2D eigenvalue weighted by atomic mass is 10.0. The standard InChI is InChI=1S/C21H32ClN3O3/c1-21(2,3)28-20(27)25-13-18(19(26)14-25)23-17-8-10-24(11-9-17)12-15-4-6-16(22)7-5-15/h4-7,17-19,23,26H,8-14H2,1-3H3. The number of carbonyl (C=O) groups is 1. The molecule has 2 atom stereocenters. The second-order valence-corrected chi connectivity index (χ2v) is 9.34. The topological polar surface area (TPSA) is 65.0 Å². The zero-order valence-electron chi connectivity index (χ0n) is 17.0. The number of aliphatic hydroxyl groups is 1. The van der Waals surface area contributed by atoms with Crippen LogP contribution in [0.15, 0.2) is 24.3 Å². The summed E-state index contributed by atoms with van der Waals surface area (Å²) in [7, 11) is 0. The third-order valence-corrected chi connectivity index (χ3v) is 5.55. The van der Waals surface area contributed by atoms with E-state index >= 15 is 0 Å². The SMILES string of the molecule is CC(C)(C)OC(=O)N1CC(O)C(NC2CCN(Cc3ccc(Cl)cc3)CC2)C1. The van der Waals surface area contributed by atoms with Crippen LogP contribution in [0, 0.1) is 0 Å². The predicted octanol–water partition coefficient (Wildman–Crippen LogP) is 2.87. The molecule has 1 aromatic carbocycles. The Labute approximate surface area is 172 Å². The van der Waals surface area contributed by atoms with Gasteiger partial charge in [-0.1, -0.05) is 23.7 Å². The zero-order chi connectivity index (χ0) is 20.3. The number of piperidine rings is 1. The number of hydrogen-bond donors (Lipinski definition) is 2. The van der Waals surface area contributed by atoms with Gasteiger partial charge in [0.25, 0.3) is 0 Å². The molecular weight excluding hydrogens is 378 g/mol. The van der Waals surface area contributed by atoms with Crippen LogP contribution < -0.4 is 5.32 Å². The number of rotatable bonds is 4. The van der Waals surface area contributed by atoms with Gasteiger partial charge in [-0.05, 0) is 64.4 Å². The molecule has 0 radical (unpaired) electrons. The highest BCUT2D eigenvalue weighted by molar-refractivity contribution is 6.30. The van der Waals surface area contributed by atoms with E-state index in [1.54, 1.807) is 4.90 Å². The minimum Gasteiger partial charge on any atom is -0.444 e. The number of benzene rings is 1. The van der Waals surface area contributed by atoms with Crippen molar-refractivity contribution in [1.82, 2.24) is 15.1 Å². The summed E-state index contributed by atoms with van der Waals surface area (Å²) in [6.45, 7) is 9.32. The number of carbonyl (C=O) groups excluding carboxylic acids is 1. The van der Waals surface area contributed by atoms with Crippen LogP contribution >= 0.6 is 11.6 Å². The molecule has 2 aliphatic heterocycles. The molecule has 6 nitrogen and oxygen atoms in total. The van der Waals surface area contributed by atoms with Crippen molar-refractivity contribution < 1.29 is 14.6 Å². The van der Waals surface area contributed by atoms with Gasteiger partial charge < -0.3 is 20.1 Å². The lowest BCUT2D eigenvalue weighted by Gasteiger charge is -2.34.